The summed E-state index contributed by atoms with van der Waals surface area (Å²) in [4.78, 5) is 39.6. The van der Waals surface area contributed by atoms with Crippen LogP contribution in [0.5, 0.6) is 5.75 Å². The first-order valence-corrected chi connectivity index (χ1v) is 9.52. The second kappa shape index (κ2) is 11.0. The lowest BCUT2D eigenvalue weighted by Crippen LogP contribution is -2.55. The Bertz CT molecular complexity index is 765. The van der Waals surface area contributed by atoms with Gasteiger partial charge in [-0.2, -0.15) is 0 Å². The predicted molar refractivity (Wildman–Crippen MR) is 104 cm³/mol. The Morgan fingerprint density at radius 2 is 1.68 bits per heavy atom. The molecule has 0 spiro atoms. The molecule has 1 aliphatic rings. The number of nitrogens with one attached hydrogen (secondary N) is 2. The van der Waals surface area contributed by atoms with Crippen LogP contribution in [0.3, 0.4) is 0 Å². The average molecular weight is 446 g/mol. The molecule has 1 fully saturated rings. The van der Waals surface area contributed by atoms with Gasteiger partial charge in [-0.15, -0.1) is 13.2 Å². The molecule has 0 bridgehead atoms. The molecule has 2 rings (SSSR count). The van der Waals surface area contributed by atoms with Crippen molar-refractivity contribution in [3.63, 3.8) is 0 Å². The van der Waals surface area contributed by atoms with Crippen molar-refractivity contribution in [1.82, 2.24) is 15.1 Å². The molecule has 0 saturated carbocycles. The summed E-state index contributed by atoms with van der Waals surface area (Å²) in [6.07, 6.45) is -4.78. The van der Waals surface area contributed by atoms with Crippen molar-refractivity contribution in [2.45, 2.75) is 19.3 Å². The lowest BCUT2D eigenvalue weighted by Gasteiger charge is -2.35. The zero-order chi connectivity index (χ0) is 23.0. The largest absolute Gasteiger partial charge is 0.573 e. The molecule has 0 aromatic heterocycles. The maximum atomic E-state index is 12.4. The van der Waals surface area contributed by atoms with Gasteiger partial charge in [0.15, 0.2) is 0 Å². The Kier molecular flexibility index (Phi) is 8.63. The number of piperazine rings is 1. The monoisotopic (exact) mass is 446 g/mol. The molecular weight excluding hydrogens is 421 g/mol. The molecule has 31 heavy (non-hydrogen) atoms. The summed E-state index contributed by atoms with van der Waals surface area (Å²) in [5.74, 6) is -1.30. The van der Waals surface area contributed by atoms with Crippen LogP contribution in [0, 0.1) is 0 Å². The van der Waals surface area contributed by atoms with Gasteiger partial charge in [0.25, 0.3) is 0 Å². The Morgan fingerprint density at radius 1 is 1.06 bits per heavy atom. The summed E-state index contributed by atoms with van der Waals surface area (Å²) in [6, 6.07) is 4.17. The Balaban J connectivity index is 1.75. The van der Waals surface area contributed by atoms with Crippen molar-refractivity contribution < 1.29 is 37.0 Å². The lowest BCUT2D eigenvalue weighted by atomic mass is 10.2. The van der Waals surface area contributed by atoms with Crippen LogP contribution in [-0.2, 0) is 19.1 Å². The third-order valence-corrected chi connectivity index (χ3v) is 4.45. The molecule has 1 aromatic carbocycles. The second-order valence-electron chi connectivity index (χ2n) is 6.94. The summed E-state index contributed by atoms with van der Waals surface area (Å²) < 4.78 is 45.0. The highest BCUT2D eigenvalue weighted by atomic mass is 19.4. The minimum atomic E-state index is -4.78. The topological polar surface area (TPSA) is 100 Å². The van der Waals surface area contributed by atoms with Gasteiger partial charge in [-0.05, 0) is 31.2 Å². The van der Waals surface area contributed by atoms with Crippen LogP contribution in [0.15, 0.2) is 24.3 Å². The summed E-state index contributed by atoms with van der Waals surface area (Å²) in [5, 5.41) is 5.17. The Labute approximate surface area is 177 Å². The smallest absolute Gasteiger partial charge is 0.406 e. The Hall–Kier alpha value is -2.86. The van der Waals surface area contributed by atoms with E-state index in [0.29, 0.717) is 31.9 Å². The van der Waals surface area contributed by atoms with Crippen LogP contribution in [-0.4, -0.2) is 86.4 Å². The van der Waals surface area contributed by atoms with Crippen LogP contribution in [0.2, 0.25) is 0 Å². The van der Waals surface area contributed by atoms with Crippen molar-refractivity contribution in [2.24, 2.45) is 0 Å². The van der Waals surface area contributed by atoms with Gasteiger partial charge in [0, 0.05) is 39.0 Å². The highest BCUT2D eigenvalue weighted by molar-refractivity contribution is 5.92. The van der Waals surface area contributed by atoms with Crippen molar-refractivity contribution >= 4 is 23.4 Å². The normalized spacial score (nSPS) is 15.8. The molecule has 1 atom stereocenters. The quantitative estimate of drug-likeness (QED) is 0.614. The minimum Gasteiger partial charge on any atom is -0.406 e. The number of hydrogen-bond donors (Lipinski definition) is 2. The number of alkyl halides is 3. The summed E-state index contributed by atoms with van der Waals surface area (Å²) in [5.41, 5.74) is 0.342. The van der Waals surface area contributed by atoms with Gasteiger partial charge in [-0.1, -0.05) is 0 Å². The number of carbonyl (C=O) groups excluding carboxylic acids is 3. The molecule has 9 nitrogen and oxygen atoms in total. The maximum Gasteiger partial charge on any atom is 0.573 e. The highest BCUT2D eigenvalue weighted by Crippen LogP contribution is 2.23. The molecule has 1 aromatic rings. The number of ether oxygens (including phenoxy) is 2. The second-order valence-corrected chi connectivity index (χ2v) is 6.94. The first-order valence-electron chi connectivity index (χ1n) is 9.52. The standard InChI is InChI=1S/C19H25F3N4O5/c1-13(23-17(28)12-30-2)18(29)26-9-7-25(8-10-26)11-16(27)24-14-3-5-15(6-4-14)31-19(20,21)22/h3-6,13H,7-12H2,1-2H3,(H,23,28)(H,24,27)/t13-/m0/s1. The first-order chi connectivity index (χ1) is 14.6. The first kappa shape index (κ1) is 24.4. The molecule has 0 aliphatic carbocycles. The zero-order valence-electron chi connectivity index (χ0n) is 17.2. The van der Waals surface area contributed by atoms with Gasteiger partial charge in [0.1, 0.15) is 18.4 Å². The third kappa shape index (κ3) is 8.42. The molecule has 1 aliphatic heterocycles. The van der Waals surface area contributed by atoms with Gasteiger partial charge >= 0.3 is 6.36 Å². The number of methoxy groups -OCH3 is 1. The summed E-state index contributed by atoms with van der Waals surface area (Å²) in [6.45, 7) is 3.29. The van der Waals surface area contributed by atoms with E-state index in [-0.39, 0.29) is 36.6 Å². The van der Waals surface area contributed by atoms with Crippen molar-refractivity contribution in [3.8, 4) is 5.75 Å². The minimum absolute atomic E-state index is 0.0724. The van der Waals surface area contributed by atoms with Crippen LogP contribution < -0.4 is 15.4 Å². The maximum absolute atomic E-state index is 12.4. The van der Waals surface area contributed by atoms with E-state index in [1.165, 1.54) is 19.2 Å². The molecule has 0 radical (unpaired) electrons. The SMILES string of the molecule is COCC(=O)N[C@@H](C)C(=O)N1CCN(CC(=O)Nc2ccc(OC(F)(F)F)cc2)CC1. The van der Waals surface area contributed by atoms with Gasteiger partial charge in [-0.3, -0.25) is 19.3 Å². The van der Waals surface area contributed by atoms with Gasteiger partial charge < -0.3 is 25.0 Å². The number of amides is 3. The van der Waals surface area contributed by atoms with E-state index in [9.17, 15) is 27.6 Å². The summed E-state index contributed by atoms with van der Waals surface area (Å²) >= 11 is 0. The number of rotatable bonds is 8. The fourth-order valence-corrected chi connectivity index (χ4v) is 3.02. The Morgan fingerprint density at radius 3 is 2.23 bits per heavy atom. The van der Waals surface area contributed by atoms with Gasteiger partial charge in [0.2, 0.25) is 17.7 Å². The van der Waals surface area contributed by atoms with Crippen LogP contribution in [0.4, 0.5) is 18.9 Å². The van der Waals surface area contributed by atoms with Crippen LogP contribution in [0.25, 0.3) is 0 Å². The number of carbonyl (C=O) groups is 3. The average Bonchev–Trinajstić information content (AvgIpc) is 2.68. The van der Waals surface area contributed by atoms with E-state index in [0.717, 1.165) is 12.1 Å². The molecule has 2 N–H and O–H groups in total. The lowest BCUT2D eigenvalue weighted by molar-refractivity contribution is -0.274. The fourth-order valence-electron chi connectivity index (χ4n) is 3.02. The molecule has 12 heteroatoms. The van der Waals surface area contributed by atoms with E-state index in [4.69, 9.17) is 4.74 Å². The van der Waals surface area contributed by atoms with E-state index < -0.39 is 12.4 Å². The number of anilines is 1. The molecular formula is C19H25F3N4O5. The predicted octanol–water partition coefficient (Wildman–Crippen LogP) is 0.819. The molecule has 1 saturated heterocycles. The van der Waals surface area contributed by atoms with Crippen molar-refractivity contribution in [2.75, 3.05) is 51.8 Å². The number of benzene rings is 1. The van der Waals surface area contributed by atoms with Crippen LogP contribution in [0.1, 0.15) is 6.92 Å². The van der Waals surface area contributed by atoms with Gasteiger partial charge in [0.05, 0.1) is 6.54 Å². The summed E-state index contributed by atoms with van der Waals surface area (Å²) in [7, 11) is 1.39. The van der Waals surface area contributed by atoms with E-state index in [1.54, 1.807) is 11.8 Å². The van der Waals surface area contributed by atoms with E-state index >= 15 is 0 Å². The fraction of sp³-hybridized carbons (Fsp3) is 0.526. The highest BCUT2D eigenvalue weighted by Gasteiger charge is 2.31. The molecule has 172 valence electrons. The number of halogens is 3. The number of nitrogens with zero attached hydrogens (tertiary/aromatic N) is 2. The number of hydrogen-bond acceptors (Lipinski definition) is 6. The van der Waals surface area contributed by atoms with Crippen LogP contribution >= 0.6 is 0 Å². The van der Waals surface area contributed by atoms with E-state index in [2.05, 4.69) is 15.4 Å². The molecule has 3 amide bonds. The van der Waals surface area contributed by atoms with Gasteiger partial charge in [-0.25, -0.2) is 0 Å². The van der Waals surface area contributed by atoms with E-state index in [1.807, 2.05) is 4.90 Å². The van der Waals surface area contributed by atoms with Crippen molar-refractivity contribution in [3.05, 3.63) is 24.3 Å². The molecule has 1 heterocycles. The zero-order valence-corrected chi connectivity index (χ0v) is 17.2. The van der Waals surface area contributed by atoms with Crippen molar-refractivity contribution in [1.29, 1.82) is 0 Å². The molecule has 0 unspecified atom stereocenters. The third-order valence-electron chi connectivity index (χ3n) is 4.45.